The lowest BCUT2D eigenvalue weighted by atomic mass is 9.83. The zero-order valence-electron chi connectivity index (χ0n) is 26.6. The van der Waals surface area contributed by atoms with Gasteiger partial charge in [0.15, 0.2) is 0 Å². The largest absolute Gasteiger partial charge is 0.0985 e. The highest BCUT2D eigenvalue weighted by Crippen LogP contribution is 2.47. The lowest BCUT2D eigenvalue weighted by molar-refractivity contribution is 1.58. The van der Waals surface area contributed by atoms with Crippen LogP contribution in [0, 0.1) is 0 Å². The normalized spacial score (nSPS) is 11.5. The third kappa shape index (κ3) is 4.31. The molecule has 48 heavy (non-hydrogen) atoms. The second kappa shape index (κ2) is 11.2. The molecular formula is C48H32. The quantitative estimate of drug-likeness (QED) is 0.130. The summed E-state index contributed by atoms with van der Waals surface area (Å²) in [4.78, 5) is 0. The molecule has 9 aromatic carbocycles. The molecule has 9 aromatic rings. The summed E-state index contributed by atoms with van der Waals surface area (Å²) in [5.41, 5.74) is 12.1. The molecule has 0 saturated heterocycles. The van der Waals surface area contributed by atoms with Crippen LogP contribution in [-0.4, -0.2) is 0 Å². The van der Waals surface area contributed by atoms with E-state index in [0.29, 0.717) is 0 Å². The van der Waals surface area contributed by atoms with E-state index in [1.807, 2.05) is 12.2 Å². The summed E-state index contributed by atoms with van der Waals surface area (Å²) in [6, 6.07) is 57.8. The lowest BCUT2D eigenvalue weighted by Crippen LogP contribution is -1.92. The van der Waals surface area contributed by atoms with Crippen molar-refractivity contribution >= 4 is 55.2 Å². The summed E-state index contributed by atoms with van der Waals surface area (Å²) in [7, 11) is 0. The van der Waals surface area contributed by atoms with Crippen molar-refractivity contribution in [2.75, 3.05) is 0 Å². The van der Waals surface area contributed by atoms with Crippen LogP contribution in [0.5, 0.6) is 0 Å². The van der Waals surface area contributed by atoms with Crippen molar-refractivity contribution in [1.29, 1.82) is 0 Å². The Morgan fingerprint density at radius 1 is 0.292 bits per heavy atom. The van der Waals surface area contributed by atoms with Crippen molar-refractivity contribution in [3.8, 4) is 44.5 Å². The van der Waals surface area contributed by atoms with E-state index in [0.717, 1.165) is 11.1 Å². The van der Waals surface area contributed by atoms with Crippen LogP contribution in [0.3, 0.4) is 0 Å². The summed E-state index contributed by atoms with van der Waals surface area (Å²) in [5.74, 6) is 0. The van der Waals surface area contributed by atoms with Crippen LogP contribution in [0.4, 0.5) is 0 Å². The molecular weight excluding hydrogens is 577 g/mol. The van der Waals surface area contributed by atoms with Gasteiger partial charge in [0.1, 0.15) is 0 Å². The van der Waals surface area contributed by atoms with E-state index in [-0.39, 0.29) is 0 Å². The highest BCUT2D eigenvalue weighted by molar-refractivity contribution is 6.35. The fourth-order valence-electron chi connectivity index (χ4n) is 7.79. The van der Waals surface area contributed by atoms with Gasteiger partial charge in [0, 0.05) is 0 Å². The van der Waals surface area contributed by atoms with Crippen LogP contribution in [0.1, 0.15) is 11.1 Å². The fourth-order valence-corrected chi connectivity index (χ4v) is 7.79. The predicted octanol–water partition coefficient (Wildman–Crippen LogP) is 13.7. The van der Waals surface area contributed by atoms with Gasteiger partial charge in [0.25, 0.3) is 0 Å². The van der Waals surface area contributed by atoms with E-state index < -0.39 is 0 Å². The first-order valence-electron chi connectivity index (χ1n) is 16.5. The Morgan fingerprint density at radius 2 is 0.667 bits per heavy atom. The van der Waals surface area contributed by atoms with Crippen LogP contribution >= 0.6 is 0 Å². The van der Waals surface area contributed by atoms with Gasteiger partial charge in [-0.25, -0.2) is 0 Å². The first kappa shape index (κ1) is 28.0. The Balaban J connectivity index is 1.30. The summed E-state index contributed by atoms with van der Waals surface area (Å²) in [6.07, 6.45) is 3.83. The Morgan fingerprint density at radius 3 is 1.10 bits per heavy atom. The second-order valence-electron chi connectivity index (χ2n) is 12.5. The second-order valence-corrected chi connectivity index (χ2v) is 12.5. The van der Waals surface area contributed by atoms with Gasteiger partial charge in [0.05, 0.1) is 0 Å². The van der Waals surface area contributed by atoms with E-state index in [2.05, 4.69) is 171 Å². The summed E-state index contributed by atoms with van der Waals surface area (Å²) in [6.45, 7) is 8.00. The Bertz CT molecular complexity index is 2500. The predicted molar refractivity (Wildman–Crippen MR) is 210 cm³/mol. The standard InChI is InChI=1S/C48H32/c1-3-31-13-9-15-33(29-31)35-17-5-7-19-37(35)39-25-27-45-46-28-26-40(38-20-8-6-18-36(38)34-16-10-14-32(4-2)30-34)42-22-12-24-44(48(42)46)43-23-11-21-41(39)47(43)45/h3-30H,1-2H2. The average Bonchev–Trinajstić information content (AvgIpc) is 3.16. The minimum absolute atomic E-state index is 1.12. The van der Waals surface area contributed by atoms with Gasteiger partial charge in [-0.3, -0.25) is 0 Å². The van der Waals surface area contributed by atoms with Crippen molar-refractivity contribution in [3.63, 3.8) is 0 Å². The maximum absolute atomic E-state index is 4.00. The van der Waals surface area contributed by atoms with E-state index in [1.165, 1.54) is 87.6 Å². The highest BCUT2D eigenvalue weighted by Gasteiger charge is 2.19. The smallest absolute Gasteiger partial charge is 0.00201 e. The first-order chi connectivity index (χ1) is 23.7. The molecule has 0 fully saturated rings. The Kier molecular flexibility index (Phi) is 6.55. The van der Waals surface area contributed by atoms with Gasteiger partial charge in [-0.15, -0.1) is 0 Å². The summed E-state index contributed by atoms with van der Waals surface area (Å²) >= 11 is 0. The van der Waals surface area contributed by atoms with Gasteiger partial charge in [-0.2, -0.15) is 0 Å². The number of hydrogen-bond donors (Lipinski definition) is 0. The van der Waals surface area contributed by atoms with Crippen molar-refractivity contribution in [3.05, 3.63) is 182 Å². The molecule has 0 N–H and O–H groups in total. The first-order valence-corrected chi connectivity index (χ1v) is 16.5. The van der Waals surface area contributed by atoms with Gasteiger partial charge in [-0.1, -0.05) is 171 Å². The lowest BCUT2D eigenvalue weighted by Gasteiger charge is -2.20. The molecule has 0 unspecified atom stereocenters. The molecule has 0 atom stereocenters. The molecule has 0 heteroatoms. The highest BCUT2D eigenvalue weighted by atomic mass is 14.2. The molecule has 9 rings (SSSR count). The molecule has 0 aromatic heterocycles. The maximum Gasteiger partial charge on any atom is -0.00201 e. The molecule has 0 aliphatic rings. The molecule has 0 nitrogen and oxygen atoms in total. The number of hydrogen-bond acceptors (Lipinski definition) is 0. The monoisotopic (exact) mass is 608 g/mol. The van der Waals surface area contributed by atoms with Gasteiger partial charge in [-0.05, 0) is 111 Å². The zero-order chi connectivity index (χ0) is 32.2. The zero-order valence-corrected chi connectivity index (χ0v) is 26.6. The number of fused-ring (bicyclic) bond motifs is 2. The fraction of sp³-hybridized carbons (Fsp3) is 0. The summed E-state index contributed by atoms with van der Waals surface area (Å²) in [5, 5.41) is 10.3. The number of benzene rings is 9. The van der Waals surface area contributed by atoms with E-state index in [9.17, 15) is 0 Å². The van der Waals surface area contributed by atoms with Crippen LogP contribution in [-0.2, 0) is 0 Å². The van der Waals surface area contributed by atoms with E-state index in [1.54, 1.807) is 0 Å². The van der Waals surface area contributed by atoms with Crippen molar-refractivity contribution in [2.45, 2.75) is 0 Å². The van der Waals surface area contributed by atoms with Gasteiger partial charge < -0.3 is 0 Å². The molecule has 0 amide bonds. The Labute approximate surface area is 280 Å². The molecule has 0 bridgehead atoms. The maximum atomic E-state index is 4.00. The van der Waals surface area contributed by atoms with Crippen LogP contribution in [0.25, 0.3) is 99.7 Å². The van der Waals surface area contributed by atoms with Crippen LogP contribution < -0.4 is 0 Å². The van der Waals surface area contributed by atoms with Crippen LogP contribution in [0.15, 0.2) is 171 Å². The molecule has 0 aliphatic heterocycles. The molecule has 0 saturated carbocycles. The molecule has 224 valence electrons. The SMILES string of the molecule is C=Cc1cccc(-c2ccccc2-c2ccc3c4ccc(-c5ccccc5-c5cccc(C=C)c5)c5cccc(c6cccc2c63)c54)c1. The van der Waals surface area contributed by atoms with E-state index in [4.69, 9.17) is 0 Å². The minimum Gasteiger partial charge on any atom is -0.0985 e. The molecule has 0 aliphatic carbocycles. The minimum atomic E-state index is 1.12. The van der Waals surface area contributed by atoms with Gasteiger partial charge in [0.2, 0.25) is 0 Å². The third-order valence-corrected chi connectivity index (χ3v) is 9.96. The summed E-state index contributed by atoms with van der Waals surface area (Å²) < 4.78 is 0. The van der Waals surface area contributed by atoms with Crippen molar-refractivity contribution in [1.82, 2.24) is 0 Å². The topological polar surface area (TPSA) is 0 Å². The van der Waals surface area contributed by atoms with Gasteiger partial charge >= 0.3 is 0 Å². The molecule has 0 radical (unpaired) electrons. The number of rotatable bonds is 6. The third-order valence-electron chi connectivity index (χ3n) is 9.96. The molecule has 0 spiro atoms. The van der Waals surface area contributed by atoms with E-state index >= 15 is 0 Å². The van der Waals surface area contributed by atoms with Crippen molar-refractivity contribution in [2.24, 2.45) is 0 Å². The van der Waals surface area contributed by atoms with Crippen LogP contribution in [0.2, 0.25) is 0 Å². The Hall–Kier alpha value is -6.24. The average molecular weight is 609 g/mol. The van der Waals surface area contributed by atoms with Crippen molar-refractivity contribution < 1.29 is 0 Å². The molecule has 0 heterocycles.